The average molecular weight is 469 g/mol. The van der Waals surface area contributed by atoms with Crippen molar-refractivity contribution in [1.82, 2.24) is 15.1 Å². The fourth-order valence-corrected chi connectivity index (χ4v) is 3.28. The molecule has 2 rings (SSSR count). The topological polar surface area (TPSA) is 128 Å². The zero-order chi connectivity index (χ0) is 23.8. The van der Waals surface area contributed by atoms with E-state index in [4.69, 9.17) is 0 Å². The van der Waals surface area contributed by atoms with Crippen molar-refractivity contribution in [1.29, 1.82) is 0 Å². The van der Waals surface area contributed by atoms with Crippen molar-refractivity contribution in [3.8, 4) is 5.69 Å². The summed E-state index contributed by atoms with van der Waals surface area (Å²) in [5.41, 5.74) is 1.90. The minimum atomic E-state index is -1.41. The molecule has 0 unspecified atom stereocenters. The second-order valence-electron chi connectivity index (χ2n) is 7.84. The molecule has 0 saturated carbocycles. The predicted molar refractivity (Wildman–Crippen MR) is 116 cm³/mol. The van der Waals surface area contributed by atoms with Gasteiger partial charge in [0.2, 0.25) is 0 Å². The van der Waals surface area contributed by atoms with Gasteiger partial charge >= 0.3 is 29.6 Å². The van der Waals surface area contributed by atoms with E-state index in [0.29, 0.717) is 23.5 Å². The van der Waals surface area contributed by atoms with Gasteiger partial charge in [0.15, 0.2) is 5.69 Å². The Hall–Kier alpha value is -2.04. The summed E-state index contributed by atoms with van der Waals surface area (Å²) in [7, 11) is 0. The molecule has 0 bridgehead atoms. The van der Waals surface area contributed by atoms with Crippen molar-refractivity contribution < 1.29 is 58.9 Å². The number of halogens is 1. The maximum absolute atomic E-state index is 13.4. The largest absolute Gasteiger partial charge is 1.00 e. The molecule has 3 N–H and O–H groups in total. The van der Waals surface area contributed by atoms with Crippen molar-refractivity contribution in [3.63, 3.8) is 0 Å². The van der Waals surface area contributed by atoms with Crippen LogP contribution >= 0.6 is 0 Å². The third-order valence-electron chi connectivity index (χ3n) is 4.75. The predicted octanol–water partition coefficient (Wildman–Crippen LogP) is -1.46. The van der Waals surface area contributed by atoms with Gasteiger partial charge < -0.3 is 25.4 Å². The number of nitrogens with zero attached hydrogens (tertiary/aromatic N) is 2. The van der Waals surface area contributed by atoms with Gasteiger partial charge in [-0.25, -0.2) is 9.07 Å². The molecule has 1 aromatic heterocycles. The van der Waals surface area contributed by atoms with E-state index >= 15 is 0 Å². The standard InChI is InChI=1S/C23H30FN3O5.Na/c1-4-11-25-23(32)22-21(14(2)3)19(10-9-17(28)12-18(29)13-20(30)31)27(26-22)16-7-5-15(24)6-8-16;/h5-10,14,17-18,28-29H,4,11-13H2,1-3H3,(H,25,32)(H,30,31);/q;+1/p-1/t17-,18+;/m0./s1. The number of benzene rings is 1. The number of nitrogens with one attached hydrogen (secondary N) is 1. The van der Waals surface area contributed by atoms with E-state index in [2.05, 4.69) is 10.4 Å². The Bertz CT molecular complexity index is 960. The summed E-state index contributed by atoms with van der Waals surface area (Å²) >= 11 is 0. The van der Waals surface area contributed by atoms with Gasteiger partial charge in [-0.2, -0.15) is 5.10 Å². The number of aliphatic hydroxyl groups excluding tert-OH is 2. The Morgan fingerprint density at radius 3 is 2.42 bits per heavy atom. The van der Waals surface area contributed by atoms with E-state index in [1.54, 1.807) is 6.08 Å². The molecule has 33 heavy (non-hydrogen) atoms. The van der Waals surface area contributed by atoms with E-state index in [9.17, 15) is 29.3 Å². The summed E-state index contributed by atoms with van der Waals surface area (Å²) < 4.78 is 14.9. The SMILES string of the molecule is CCCNC(=O)c1nn(-c2ccc(F)cc2)c(C=C[C@H](O)C[C@@H](O)CC(=O)[O-])c1C(C)C.[Na+]. The first-order chi connectivity index (χ1) is 15.1. The van der Waals surface area contributed by atoms with Gasteiger partial charge in [0.05, 0.1) is 23.6 Å². The first-order valence-electron chi connectivity index (χ1n) is 10.5. The number of hydrogen-bond acceptors (Lipinski definition) is 6. The zero-order valence-corrected chi connectivity index (χ0v) is 21.4. The third kappa shape index (κ3) is 8.35. The number of rotatable bonds is 11. The van der Waals surface area contributed by atoms with Crippen molar-refractivity contribution in [2.45, 2.75) is 58.2 Å². The summed E-state index contributed by atoms with van der Waals surface area (Å²) in [5.74, 6) is -2.27. The van der Waals surface area contributed by atoms with E-state index in [0.717, 1.165) is 6.42 Å². The number of hydrogen-bond donors (Lipinski definition) is 3. The second kappa shape index (κ2) is 13.6. The first kappa shape index (κ1) is 29.0. The van der Waals surface area contributed by atoms with Gasteiger partial charge in [-0.3, -0.25) is 4.79 Å². The number of carbonyl (C=O) groups excluding carboxylic acids is 2. The third-order valence-corrected chi connectivity index (χ3v) is 4.75. The molecule has 1 heterocycles. The minimum Gasteiger partial charge on any atom is -0.550 e. The average Bonchev–Trinajstić information content (AvgIpc) is 3.10. The molecule has 0 aliphatic heterocycles. The molecule has 2 atom stereocenters. The number of carboxylic acids is 1. The summed E-state index contributed by atoms with van der Waals surface area (Å²) in [6.07, 6.45) is 0.537. The van der Waals surface area contributed by atoms with Crippen LogP contribution in [0.5, 0.6) is 0 Å². The van der Waals surface area contributed by atoms with Gasteiger partial charge in [0, 0.05) is 30.9 Å². The van der Waals surface area contributed by atoms with Gasteiger partial charge in [-0.15, -0.1) is 0 Å². The van der Waals surface area contributed by atoms with Crippen molar-refractivity contribution >= 4 is 18.0 Å². The number of aromatic nitrogens is 2. The second-order valence-corrected chi connectivity index (χ2v) is 7.84. The molecular weight excluding hydrogens is 440 g/mol. The molecule has 1 aromatic carbocycles. The molecule has 10 heteroatoms. The van der Waals surface area contributed by atoms with Crippen molar-refractivity contribution in [2.75, 3.05) is 6.54 Å². The number of amides is 1. The summed E-state index contributed by atoms with van der Waals surface area (Å²) in [6, 6.07) is 5.61. The Balaban J connectivity index is 0.00000544. The van der Waals surface area contributed by atoms with Crippen LogP contribution in [0.25, 0.3) is 11.8 Å². The van der Waals surface area contributed by atoms with Crippen molar-refractivity contribution in [3.05, 3.63) is 53.1 Å². The van der Waals surface area contributed by atoms with Crippen LogP contribution in [0.15, 0.2) is 30.3 Å². The smallest absolute Gasteiger partial charge is 0.550 e. The van der Waals surface area contributed by atoms with Crippen LogP contribution in [0.3, 0.4) is 0 Å². The number of carboxylic acid groups (broad SMARTS) is 1. The van der Waals surface area contributed by atoms with E-state index in [1.807, 2.05) is 20.8 Å². The fourth-order valence-electron chi connectivity index (χ4n) is 3.28. The molecule has 174 valence electrons. The summed E-state index contributed by atoms with van der Waals surface area (Å²) in [4.78, 5) is 23.4. The summed E-state index contributed by atoms with van der Waals surface area (Å²) in [5, 5.41) is 37.9. The van der Waals surface area contributed by atoms with Gasteiger partial charge in [-0.1, -0.05) is 26.8 Å². The molecule has 0 aliphatic carbocycles. The van der Waals surface area contributed by atoms with Crippen LogP contribution in [-0.2, 0) is 4.79 Å². The Labute approximate surface area is 214 Å². The van der Waals surface area contributed by atoms with Gasteiger partial charge in [0.25, 0.3) is 5.91 Å². The van der Waals surface area contributed by atoms with Crippen molar-refractivity contribution in [2.24, 2.45) is 0 Å². The van der Waals surface area contributed by atoms with Crippen LogP contribution in [0.4, 0.5) is 4.39 Å². The van der Waals surface area contributed by atoms with Crippen LogP contribution in [-0.4, -0.2) is 50.6 Å². The quantitative estimate of drug-likeness (QED) is 0.346. The Morgan fingerprint density at radius 2 is 1.88 bits per heavy atom. The molecule has 0 spiro atoms. The van der Waals surface area contributed by atoms with E-state index in [1.165, 1.54) is 35.0 Å². The first-order valence-corrected chi connectivity index (χ1v) is 10.5. The van der Waals surface area contributed by atoms with Crippen LogP contribution in [0.2, 0.25) is 0 Å². The maximum atomic E-state index is 13.4. The number of carbonyl (C=O) groups is 2. The molecular formula is C23H29FN3NaO5. The Kier molecular flexibility index (Phi) is 12.0. The Morgan fingerprint density at radius 1 is 1.24 bits per heavy atom. The monoisotopic (exact) mass is 469 g/mol. The molecule has 2 aromatic rings. The molecule has 0 radical (unpaired) electrons. The van der Waals surface area contributed by atoms with Gasteiger partial charge in [0.1, 0.15) is 5.82 Å². The fraction of sp³-hybridized carbons (Fsp3) is 0.435. The van der Waals surface area contributed by atoms with E-state index in [-0.39, 0.29) is 53.5 Å². The molecule has 1 amide bonds. The molecule has 0 fully saturated rings. The summed E-state index contributed by atoms with van der Waals surface area (Å²) in [6.45, 7) is 6.23. The molecule has 0 aliphatic rings. The normalized spacial score (nSPS) is 13.1. The van der Waals surface area contributed by atoms with Gasteiger partial charge in [-0.05, 0) is 42.7 Å². The van der Waals surface area contributed by atoms with Crippen LogP contribution in [0, 0.1) is 5.82 Å². The van der Waals surface area contributed by atoms with E-state index < -0.39 is 30.4 Å². The molecule has 0 saturated heterocycles. The zero-order valence-electron chi connectivity index (χ0n) is 19.4. The van der Waals surface area contributed by atoms with Crippen LogP contribution < -0.4 is 40.0 Å². The number of aliphatic carboxylic acids is 1. The molecule has 8 nitrogen and oxygen atoms in total. The maximum Gasteiger partial charge on any atom is 1.00 e. The van der Waals surface area contributed by atoms with Crippen LogP contribution in [0.1, 0.15) is 67.7 Å². The number of aliphatic hydroxyl groups is 2. The minimum absolute atomic E-state index is 0.